The van der Waals surface area contributed by atoms with Crippen molar-refractivity contribution >= 4 is 11.8 Å². The maximum absolute atomic E-state index is 12.1. The topological polar surface area (TPSA) is 43.4 Å². The molecule has 0 amide bonds. The van der Waals surface area contributed by atoms with Gasteiger partial charge in [0.2, 0.25) is 0 Å². The maximum Gasteiger partial charge on any atom is 0.306 e. The Bertz CT molecular complexity index is 471. The molecule has 2 atom stereocenters. The number of Topliss-reactive ketones (excluding diaryl/α,β-unsaturated/α-hetero) is 1. The summed E-state index contributed by atoms with van der Waals surface area (Å²) in [4.78, 5) is 23.8. The van der Waals surface area contributed by atoms with Crippen molar-refractivity contribution in [2.75, 3.05) is 0 Å². The van der Waals surface area contributed by atoms with Crippen molar-refractivity contribution in [2.24, 2.45) is 11.8 Å². The first kappa shape index (κ1) is 13.8. The first-order valence-corrected chi connectivity index (χ1v) is 6.68. The molecule has 1 fully saturated rings. The fourth-order valence-electron chi connectivity index (χ4n) is 2.21. The standard InChI is InChI=1S/C16H20O3/c1-16(2,3)19-14(17)10-12-9-13(12)15(18)11-7-5-4-6-8-11/h4-8,12-13H,9-10H2,1-3H3/t12-,13+/m1/s1. The number of hydrogen-bond donors (Lipinski definition) is 0. The van der Waals surface area contributed by atoms with Crippen LogP contribution in [0.5, 0.6) is 0 Å². The third-order valence-corrected chi connectivity index (χ3v) is 3.17. The minimum atomic E-state index is -0.453. The molecule has 0 unspecified atom stereocenters. The van der Waals surface area contributed by atoms with Crippen molar-refractivity contribution in [2.45, 2.75) is 39.2 Å². The Hall–Kier alpha value is -1.64. The number of rotatable bonds is 4. The van der Waals surface area contributed by atoms with Gasteiger partial charge in [-0.3, -0.25) is 9.59 Å². The summed E-state index contributed by atoms with van der Waals surface area (Å²) in [6, 6.07) is 9.26. The molecule has 0 spiro atoms. The van der Waals surface area contributed by atoms with Crippen LogP contribution in [-0.2, 0) is 9.53 Å². The van der Waals surface area contributed by atoms with E-state index >= 15 is 0 Å². The van der Waals surface area contributed by atoms with Crippen LogP contribution in [0.4, 0.5) is 0 Å². The van der Waals surface area contributed by atoms with Gasteiger partial charge < -0.3 is 4.74 Å². The second kappa shape index (κ2) is 5.16. The van der Waals surface area contributed by atoms with E-state index in [1.54, 1.807) is 0 Å². The molecular formula is C16H20O3. The number of benzene rings is 1. The Morgan fingerprint density at radius 2 is 1.84 bits per heavy atom. The van der Waals surface area contributed by atoms with Gasteiger partial charge in [0.15, 0.2) is 5.78 Å². The van der Waals surface area contributed by atoms with E-state index in [1.807, 2.05) is 51.1 Å². The van der Waals surface area contributed by atoms with E-state index in [1.165, 1.54) is 0 Å². The second-order valence-electron chi connectivity index (χ2n) is 6.12. The number of carbonyl (C=O) groups excluding carboxylic acids is 2. The van der Waals surface area contributed by atoms with Crippen LogP contribution < -0.4 is 0 Å². The lowest BCUT2D eigenvalue weighted by molar-refractivity contribution is -0.155. The quantitative estimate of drug-likeness (QED) is 0.616. The smallest absolute Gasteiger partial charge is 0.306 e. The number of hydrogen-bond acceptors (Lipinski definition) is 3. The lowest BCUT2D eigenvalue weighted by atomic mass is 10.1. The molecule has 19 heavy (non-hydrogen) atoms. The van der Waals surface area contributed by atoms with E-state index in [2.05, 4.69) is 0 Å². The largest absolute Gasteiger partial charge is 0.460 e. The van der Waals surface area contributed by atoms with Crippen LogP contribution in [0.1, 0.15) is 44.0 Å². The van der Waals surface area contributed by atoms with Gasteiger partial charge in [0, 0.05) is 17.9 Å². The van der Waals surface area contributed by atoms with Crippen molar-refractivity contribution in [3.63, 3.8) is 0 Å². The zero-order valence-electron chi connectivity index (χ0n) is 11.7. The van der Waals surface area contributed by atoms with Gasteiger partial charge >= 0.3 is 5.97 Å². The van der Waals surface area contributed by atoms with Crippen molar-refractivity contribution in [1.82, 2.24) is 0 Å². The Kier molecular flexibility index (Phi) is 3.74. The zero-order valence-corrected chi connectivity index (χ0v) is 11.7. The SMILES string of the molecule is CC(C)(C)OC(=O)C[C@H]1C[C@@H]1C(=O)c1ccccc1. The minimum absolute atomic E-state index is 0.00471. The molecule has 1 aromatic carbocycles. The van der Waals surface area contributed by atoms with Gasteiger partial charge in [-0.15, -0.1) is 0 Å². The first-order valence-electron chi connectivity index (χ1n) is 6.68. The Morgan fingerprint density at radius 3 is 2.42 bits per heavy atom. The monoisotopic (exact) mass is 260 g/mol. The zero-order chi connectivity index (χ0) is 14.0. The van der Waals surface area contributed by atoms with Gasteiger partial charge in [0.1, 0.15) is 5.60 Å². The minimum Gasteiger partial charge on any atom is -0.460 e. The molecule has 1 aromatic rings. The van der Waals surface area contributed by atoms with Gasteiger partial charge in [-0.05, 0) is 33.1 Å². The summed E-state index contributed by atoms with van der Waals surface area (Å²) in [6.45, 7) is 5.55. The van der Waals surface area contributed by atoms with E-state index in [9.17, 15) is 9.59 Å². The molecule has 0 N–H and O–H groups in total. The highest BCUT2D eigenvalue weighted by Crippen LogP contribution is 2.43. The summed E-state index contributed by atoms with van der Waals surface area (Å²) in [5.41, 5.74) is 0.282. The van der Waals surface area contributed by atoms with Gasteiger partial charge in [-0.1, -0.05) is 30.3 Å². The van der Waals surface area contributed by atoms with Crippen LogP contribution >= 0.6 is 0 Å². The summed E-state index contributed by atoms with van der Waals surface area (Å²) < 4.78 is 5.27. The Morgan fingerprint density at radius 1 is 1.21 bits per heavy atom. The average Bonchev–Trinajstić information content (AvgIpc) is 3.06. The third kappa shape index (κ3) is 3.91. The summed E-state index contributed by atoms with van der Waals surface area (Å²) in [7, 11) is 0. The van der Waals surface area contributed by atoms with E-state index in [-0.39, 0.29) is 23.6 Å². The van der Waals surface area contributed by atoms with Gasteiger partial charge in [-0.25, -0.2) is 0 Å². The second-order valence-corrected chi connectivity index (χ2v) is 6.12. The van der Waals surface area contributed by atoms with Gasteiger partial charge in [-0.2, -0.15) is 0 Å². The molecule has 0 bridgehead atoms. The van der Waals surface area contributed by atoms with Gasteiger partial charge in [0.05, 0.1) is 0 Å². The molecule has 3 nitrogen and oxygen atoms in total. The lowest BCUT2D eigenvalue weighted by Gasteiger charge is -2.19. The predicted octanol–water partition coefficient (Wildman–Crippen LogP) is 3.24. The molecule has 1 aliphatic rings. The number of ether oxygens (including phenoxy) is 1. The number of carbonyl (C=O) groups is 2. The van der Waals surface area contributed by atoms with Crippen LogP contribution in [0.2, 0.25) is 0 Å². The van der Waals surface area contributed by atoms with E-state index < -0.39 is 5.60 Å². The summed E-state index contributed by atoms with van der Waals surface area (Å²) in [5, 5.41) is 0. The van der Waals surface area contributed by atoms with Crippen molar-refractivity contribution in [1.29, 1.82) is 0 Å². The number of esters is 1. The fraction of sp³-hybridized carbons (Fsp3) is 0.500. The summed E-state index contributed by atoms with van der Waals surface area (Å²) in [6.07, 6.45) is 1.15. The molecule has 1 saturated carbocycles. The highest BCUT2D eigenvalue weighted by Gasteiger charge is 2.44. The molecule has 3 heteroatoms. The van der Waals surface area contributed by atoms with Crippen LogP contribution in [0.15, 0.2) is 30.3 Å². The fourth-order valence-corrected chi connectivity index (χ4v) is 2.21. The van der Waals surface area contributed by atoms with E-state index in [0.717, 1.165) is 12.0 Å². The molecule has 0 heterocycles. The highest BCUT2D eigenvalue weighted by molar-refractivity contribution is 5.99. The molecule has 0 aliphatic heterocycles. The van der Waals surface area contributed by atoms with Crippen LogP contribution in [-0.4, -0.2) is 17.4 Å². The third-order valence-electron chi connectivity index (χ3n) is 3.17. The molecule has 1 aliphatic carbocycles. The molecular weight excluding hydrogens is 240 g/mol. The maximum atomic E-state index is 12.1. The van der Waals surface area contributed by atoms with Crippen LogP contribution in [0.25, 0.3) is 0 Å². The van der Waals surface area contributed by atoms with E-state index in [0.29, 0.717) is 6.42 Å². The van der Waals surface area contributed by atoms with E-state index in [4.69, 9.17) is 4.74 Å². The Labute approximate surface area is 114 Å². The normalized spacial score (nSPS) is 21.8. The van der Waals surface area contributed by atoms with Crippen LogP contribution in [0.3, 0.4) is 0 Å². The van der Waals surface area contributed by atoms with Crippen molar-refractivity contribution < 1.29 is 14.3 Å². The average molecular weight is 260 g/mol. The van der Waals surface area contributed by atoms with Crippen LogP contribution in [0, 0.1) is 11.8 Å². The molecule has 0 aromatic heterocycles. The van der Waals surface area contributed by atoms with Crippen molar-refractivity contribution in [3.8, 4) is 0 Å². The van der Waals surface area contributed by atoms with Crippen molar-refractivity contribution in [3.05, 3.63) is 35.9 Å². The molecule has 0 saturated heterocycles. The molecule has 0 radical (unpaired) electrons. The Balaban J connectivity index is 1.85. The first-order chi connectivity index (χ1) is 8.87. The predicted molar refractivity (Wildman–Crippen MR) is 72.8 cm³/mol. The summed E-state index contributed by atoms with van der Waals surface area (Å²) >= 11 is 0. The van der Waals surface area contributed by atoms with Gasteiger partial charge in [0.25, 0.3) is 0 Å². The summed E-state index contributed by atoms with van der Waals surface area (Å²) in [5.74, 6) is 0.0903. The highest BCUT2D eigenvalue weighted by atomic mass is 16.6. The molecule has 2 rings (SSSR count). The molecule has 102 valence electrons. The lowest BCUT2D eigenvalue weighted by Crippen LogP contribution is -2.24. The number of ketones is 1.